The third kappa shape index (κ3) is 5.48. The van der Waals surface area contributed by atoms with Crippen molar-refractivity contribution < 1.29 is 14.3 Å². The van der Waals surface area contributed by atoms with Crippen LogP contribution >= 0.6 is 0 Å². The Bertz CT molecular complexity index is 1120. The van der Waals surface area contributed by atoms with E-state index in [9.17, 15) is 14.4 Å². The molecule has 2 N–H and O–H groups in total. The summed E-state index contributed by atoms with van der Waals surface area (Å²) in [6.45, 7) is 4.79. The van der Waals surface area contributed by atoms with Crippen LogP contribution in [0.4, 0.5) is 5.69 Å². The summed E-state index contributed by atoms with van der Waals surface area (Å²) in [5.41, 5.74) is 0.546. The highest BCUT2D eigenvalue weighted by atomic mass is 16.5. The van der Waals surface area contributed by atoms with Gasteiger partial charge in [0.25, 0.3) is 17.4 Å². The molecule has 31 heavy (non-hydrogen) atoms. The molecule has 0 saturated carbocycles. The normalized spacial score (nSPS) is 10.6. The lowest BCUT2D eigenvalue weighted by Crippen LogP contribution is -2.28. The first-order valence-corrected chi connectivity index (χ1v) is 10.3. The fourth-order valence-electron chi connectivity index (χ4n) is 3.08. The van der Waals surface area contributed by atoms with Crippen molar-refractivity contribution in [3.05, 3.63) is 64.6 Å². The number of carbonyl (C=O) groups is 2. The van der Waals surface area contributed by atoms with Crippen molar-refractivity contribution in [1.82, 2.24) is 15.1 Å². The van der Waals surface area contributed by atoms with Gasteiger partial charge in [0, 0.05) is 24.2 Å². The molecule has 3 aromatic rings. The molecule has 8 nitrogen and oxygen atoms in total. The van der Waals surface area contributed by atoms with Crippen molar-refractivity contribution in [2.75, 3.05) is 18.5 Å². The van der Waals surface area contributed by atoms with Crippen LogP contribution in [0.2, 0.25) is 0 Å². The summed E-state index contributed by atoms with van der Waals surface area (Å²) in [5.74, 6) is -0.0885. The van der Waals surface area contributed by atoms with Crippen LogP contribution in [-0.4, -0.2) is 34.7 Å². The summed E-state index contributed by atoms with van der Waals surface area (Å²) < 4.78 is 6.77. The topological polar surface area (TPSA) is 102 Å². The van der Waals surface area contributed by atoms with E-state index in [1.54, 1.807) is 48.5 Å². The Morgan fingerprint density at radius 1 is 1.03 bits per heavy atom. The number of benzene rings is 2. The average Bonchev–Trinajstić information content (AvgIpc) is 2.78. The quantitative estimate of drug-likeness (QED) is 0.552. The van der Waals surface area contributed by atoms with Crippen molar-refractivity contribution in [3.8, 4) is 5.75 Å². The summed E-state index contributed by atoms with van der Waals surface area (Å²) in [5, 5.41) is 10.8. The molecular weight excluding hydrogens is 396 g/mol. The molecule has 0 bridgehead atoms. The van der Waals surface area contributed by atoms with Gasteiger partial charge in [-0.3, -0.25) is 14.4 Å². The minimum atomic E-state index is -0.405. The zero-order valence-electron chi connectivity index (χ0n) is 17.7. The molecule has 3 rings (SSSR count). The van der Waals surface area contributed by atoms with Crippen molar-refractivity contribution in [1.29, 1.82) is 0 Å². The number of hydrogen-bond donors (Lipinski definition) is 2. The number of likely N-dealkylation sites (N-methyl/N-ethyl adjacent to an activating group) is 1. The van der Waals surface area contributed by atoms with E-state index in [2.05, 4.69) is 15.7 Å². The number of aromatic nitrogens is 2. The number of amides is 2. The second-order valence-electron chi connectivity index (χ2n) is 7.00. The molecule has 0 fully saturated rings. The standard InChI is InChI=1S/C23H26N4O4/c1-3-5-14-27-23(30)19-9-7-6-8-18(19)21(26-27)22(29)25-16-10-12-17(13-11-16)31-15-20(28)24-4-2/h6-13H,3-5,14-15H2,1-2H3,(H,24,28)(H,25,29). The molecule has 0 atom stereocenters. The third-order valence-electron chi connectivity index (χ3n) is 4.66. The van der Waals surface area contributed by atoms with E-state index in [0.29, 0.717) is 35.3 Å². The first-order chi connectivity index (χ1) is 15.0. The van der Waals surface area contributed by atoms with Crippen molar-refractivity contribution >= 4 is 28.3 Å². The van der Waals surface area contributed by atoms with Gasteiger partial charge in [0.15, 0.2) is 12.3 Å². The summed E-state index contributed by atoms with van der Waals surface area (Å²) in [4.78, 5) is 37.1. The van der Waals surface area contributed by atoms with E-state index >= 15 is 0 Å². The number of hydrogen-bond acceptors (Lipinski definition) is 5. The number of rotatable bonds is 9. The van der Waals surface area contributed by atoms with Gasteiger partial charge in [-0.05, 0) is 43.7 Å². The Hall–Kier alpha value is -3.68. The predicted octanol–water partition coefficient (Wildman–Crippen LogP) is 2.96. The Morgan fingerprint density at radius 2 is 1.74 bits per heavy atom. The van der Waals surface area contributed by atoms with E-state index < -0.39 is 5.91 Å². The van der Waals surface area contributed by atoms with E-state index in [0.717, 1.165) is 12.8 Å². The monoisotopic (exact) mass is 422 g/mol. The molecule has 0 aliphatic carbocycles. The van der Waals surface area contributed by atoms with Crippen LogP contribution in [-0.2, 0) is 11.3 Å². The van der Waals surface area contributed by atoms with E-state index in [-0.39, 0.29) is 23.8 Å². The Kier molecular flexibility index (Phi) is 7.37. The second kappa shape index (κ2) is 10.4. The molecule has 0 spiro atoms. The van der Waals surface area contributed by atoms with Gasteiger partial charge in [0.1, 0.15) is 5.75 Å². The number of nitrogens with one attached hydrogen (secondary N) is 2. The van der Waals surface area contributed by atoms with Crippen molar-refractivity contribution in [2.45, 2.75) is 33.2 Å². The van der Waals surface area contributed by atoms with E-state index in [1.807, 2.05) is 13.8 Å². The minimum Gasteiger partial charge on any atom is -0.484 e. The van der Waals surface area contributed by atoms with Gasteiger partial charge in [0.2, 0.25) is 0 Å². The SMILES string of the molecule is CCCCn1nc(C(=O)Nc2ccc(OCC(=O)NCC)cc2)c2ccccc2c1=O. The van der Waals surface area contributed by atoms with Crippen LogP contribution in [0.3, 0.4) is 0 Å². The number of unbranched alkanes of at least 4 members (excludes halogenated alkanes) is 1. The second-order valence-corrected chi connectivity index (χ2v) is 7.00. The molecule has 0 aliphatic rings. The molecule has 0 radical (unpaired) electrons. The molecule has 0 unspecified atom stereocenters. The van der Waals surface area contributed by atoms with E-state index in [1.165, 1.54) is 4.68 Å². The summed E-state index contributed by atoms with van der Waals surface area (Å²) >= 11 is 0. The number of ether oxygens (including phenoxy) is 1. The van der Waals surface area contributed by atoms with Crippen LogP contribution in [0.5, 0.6) is 5.75 Å². The minimum absolute atomic E-state index is 0.0746. The summed E-state index contributed by atoms with van der Waals surface area (Å²) in [7, 11) is 0. The van der Waals surface area contributed by atoms with Crippen LogP contribution in [0.25, 0.3) is 10.8 Å². The Morgan fingerprint density at radius 3 is 2.42 bits per heavy atom. The zero-order valence-corrected chi connectivity index (χ0v) is 17.7. The lowest BCUT2D eigenvalue weighted by atomic mass is 10.1. The third-order valence-corrected chi connectivity index (χ3v) is 4.66. The van der Waals surface area contributed by atoms with Crippen LogP contribution in [0.1, 0.15) is 37.2 Å². The molecule has 1 heterocycles. The maximum atomic E-state index is 13.0. The molecule has 0 saturated heterocycles. The highest BCUT2D eigenvalue weighted by Crippen LogP contribution is 2.18. The van der Waals surface area contributed by atoms with E-state index in [4.69, 9.17) is 4.74 Å². The number of carbonyl (C=O) groups excluding carboxylic acids is 2. The smallest absolute Gasteiger partial charge is 0.276 e. The average molecular weight is 422 g/mol. The summed E-state index contributed by atoms with van der Waals surface area (Å²) in [6.07, 6.45) is 1.71. The van der Waals surface area contributed by atoms with Gasteiger partial charge in [-0.2, -0.15) is 5.10 Å². The maximum absolute atomic E-state index is 13.0. The van der Waals surface area contributed by atoms with Gasteiger partial charge in [-0.25, -0.2) is 4.68 Å². The van der Waals surface area contributed by atoms with Gasteiger partial charge in [-0.1, -0.05) is 31.5 Å². The maximum Gasteiger partial charge on any atom is 0.276 e. The fraction of sp³-hybridized carbons (Fsp3) is 0.304. The number of aryl methyl sites for hydroxylation is 1. The van der Waals surface area contributed by atoms with Gasteiger partial charge < -0.3 is 15.4 Å². The Labute approximate surface area is 180 Å². The van der Waals surface area contributed by atoms with Gasteiger partial charge in [0.05, 0.1) is 5.39 Å². The van der Waals surface area contributed by atoms with Crippen LogP contribution < -0.4 is 20.9 Å². The molecule has 2 amide bonds. The largest absolute Gasteiger partial charge is 0.484 e. The lowest BCUT2D eigenvalue weighted by molar-refractivity contribution is -0.122. The molecule has 2 aromatic carbocycles. The highest BCUT2D eigenvalue weighted by Gasteiger charge is 2.17. The highest BCUT2D eigenvalue weighted by molar-refractivity contribution is 6.11. The number of anilines is 1. The molecule has 1 aromatic heterocycles. The zero-order chi connectivity index (χ0) is 22.2. The number of fused-ring (bicyclic) bond motifs is 1. The van der Waals surface area contributed by atoms with Crippen molar-refractivity contribution in [2.24, 2.45) is 0 Å². The molecule has 0 aliphatic heterocycles. The molecule has 8 heteroatoms. The molecular formula is C23H26N4O4. The van der Waals surface area contributed by atoms with Gasteiger partial charge >= 0.3 is 0 Å². The van der Waals surface area contributed by atoms with Crippen LogP contribution in [0, 0.1) is 0 Å². The van der Waals surface area contributed by atoms with Crippen LogP contribution in [0.15, 0.2) is 53.3 Å². The van der Waals surface area contributed by atoms with Crippen molar-refractivity contribution in [3.63, 3.8) is 0 Å². The molecule has 162 valence electrons. The number of nitrogens with zero attached hydrogens (tertiary/aromatic N) is 2. The first kappa shape index (κ1) is 22.0. The van der Waals surface area contributed by atoms with Gasteiger partial charge in [-0.15, -0.1) is 0 Å². The summed E-state index contributed by atoms with van der Waals surface area (Å²) in [6, 6.07) is 13.7. The first-order valence-electron chi connectivity index (χ1n) is 10.3. The lowest BCUT2D eigenvalue weighted by Gasteiger charge is -2.11. The Balaban J connectivity index is 1.79. The fourth-order valence-corrected chi connectivity index (χ4v) is 3.08. The predicted molar refractivity (Wildman–Crippen MR) is 119 cm³/mol.